The van der Waals surface area contributed by atoms with Crippen molar-refractivity contribution in [2.45, 2.75) is 38.2 Å². The predicted molar refractivity (Wildman–Crippen MR) is 83.7 cm³/mol. The van der Waals surface area contributed by atoms with E-state index in [4.69, 9.17) is 16.3 Å². The molecular formula is C18H19ClO. The first kappa shape index (κ1) is 13.5. The molecular weight excluding hydrogens is 268 g/mol. The van der Waals surface area contributed by atoms with E-state index in [-0.39, 0.29) is 11.5 Å². The highest BCUT2D eigenvalue weighted by molar-refractivity contribution is 6.20. The van der Waals surface area contributed by atoms with Gasteiger partial charge in [0, 0.05) is 6.42 Å². The Morgan fingerprint density at radius 1 is 1.20 bits per heavy atom. The molecule has 1 aliphatic rings. The molecule has 0 aromatic heterocycles. The lowest BCUT2D eigenvalue weighted by Crippen LogP contribution is -2.05. The highest BCUT2D eigenvalue weighted by Gasteiger charge is 2.20. The van der Waals surface area contributed by atoms with Gasteiger partial charge in [0.05, 0.1) is 5.38 Å². The summed E-state index contributed by atoms with van der Waals surface area (Å²) >= 11 is 6.58. The molecule has 0 saturated heterocycles. The highest BCUT2D eigenvalue weighted by Crippen LogP contribution is 2.33. The molecule has 0 radical (unpaired) electrons. The Balaban J connectivity index is 1.76. The number of rotatable bonds is 3. The van der Waals surface area contributed by atoms with Crippen molar-refractivity contribution in [3.05, 3.63) is 64.7 Å². The van der Waals surface area contributed by atoms with E-state index in [1.807, 2.05) is 0 Å². The van der Waals surface area contributed by atoms with Crippen LogP contribution in [0.5, 0.6) is 5.75 Å². The van der Waals surface area contributed by atoms with E-state index in [1.54, 1.807) is 0 Å². The SMILES string of the molecule is Cc1ccc(CC(Cl)c2ccc3c(c2)CC(C)O3)cc1. The summed E-state index contributed by atoms with van der Waals surface area (Å²) in [6, 6.07) is 14.9. The van der Waals surface area contributed by atoms with Crippen molar-refractivity contribution in [2.75, 3.05) is 0 Å². The van der Waals surface area contributed by atoms with Crippen LogP contribution in [0.4, 0.5) is 0 Å². The van der Waals surface area contributed by atoms with Gasteiger partial charge in [0.25, 0.3) is 0 Å². The van der Waals surface area contributed by atoms with E-state index in [0.29, 0.717) is 0 Å². The normalized spacial score (nSPS) is 18.4. The number of hydrogen-bond acceptors (Lipinski definition) is 1. The standard InChI is InChI=1S/C18H19ClO/c1-12-3-5-14(6-4-12)10-17(19)15-7-8-18-16(11-15)9-13(2)20-18/h3-8,11,13,17H,9-10H2,1-2H3. The summed E-state index contributed by atoms with van der Waals surface area (Å²) < 4.78 is 5.73. The molecule has 2 unspecified atom stereocenters. The van der Waals surface area contributed by atoms with Crippen molar-refractivity contribution in [3.8, 4) is 5.75 Å². The minimum Gasteiger partial charge on any atom is -0.490 e. The number of benzene rings is 2. The Kier molecular flexibility index (Phi) is 3.71. The van der Waals surface area contributed by atoms with Crippen LogP contribution in [0.25, 0.3) is 0 Å². The van der Waals surface area contributed by atoms with Crippen LogP contribution in [0.2, 0.25) is 0 Å². The molecule has 0 amide bonds. The van der Waals surface area contributed by atoms with E-state index in [9.17, 15) is 0 Å². The zero-order valence-corrected chi connectivity index (χ0v) is 12.7. The van der Waals surface area contributed by atoms with E-state index >= 15 is 0 Å². The molecule has 0 bridgehead atoms. The molecule has 2 aromatic rings. The summed E-state index contributed by atoms with van der Waals surface area (Å²) in [5.41, 5.74) is 5.03. The number of aryl methyl sites for hydroxylation is 1. The van der Waals surface area contributed by atoms with Crippen molar-refractivity contribution in [2.24, 2.45) is 0 Å². The van der Waals surface area contributed by atoms with Crippen LogP contribution in [-0.2, 0) is 12.8 Å². The lowest BCUT2D eigenvalue weighted by molar-refractivity contribution is 0.254. The van der Waals surface area contributed by atoms with Crippen LogP contribution < -0.4 is 4.74 Å². The molecule has 0 N–H and O–H groups in total. The van der Waals surface area contributed by atoms with Gasteiger partial charge >= 0.3 is 0 Å². The van der Waals surface area contributed by atoms with Gasteiger partial charge in [0.15, 0.2) is 0 Å². The first-order valence-electron chi connectivity index (χ1n) is 7.11. The fraction of sp³-hybridized carbons (Fsp3) is 0.333. The van der Waals surface area contributed by atoms with Gasteiger partial charge in [0.2, 0.25) is 0 Å². The third kappa shape index (κ3) is 2.83. The lowest BCUT2D eigenvalue weighted by Gasteiger charge is -2.11. The largest absolute Gasteiger partial charge is 0.490 e. The van der Waals surface area contributed by atoms with Crippen LogP contribution in [-0.4, -0.2) is 6.10 Å². The summed E-state index contributed by atoms with van der Waals surface area (Å²) in [6.45, 7) is 4.20. The van der Waals surface area contributed by atoms with Gasteiger partial charge < -0.3 is 4.74 Å². The third-order valence-electron chi connectivity index (χ3n) is 3.82. The van der Waals surface area contributed by atoms with Crippen molar-refractivity contribution in [1.82, 2.24) is 0 Å². The summed E-state index contributed by atoms with van der Waals surface area (Å²) in [4.78, 5) is 0. The van der Waals surface area contributed by atoms with E-state index < -0.39 is 0 Å². The van der Waals surface area contributed by atoms with Gasteiger partial charge in [-0.2, -0.15) is 0 Å². The number of fused-ring (bicyclic) bond motifs is 1. The molecule has 3 rings (SSSR count). The Morgan fingerprint density at radius 2 is 1.95 bits per heavy atom. The molecule has 0 spiro atoms. The van der Waals surface area contributed by atoms with Gasteiger partial charge in [-0.3, -0.25) is 0 Å². The minimum absolute atomic E-state index is 0.0129. The van der Waals surface area contributed by atoms with E-state index in [2.05, 4.69) is 56.3 Å². The van der Waals surface area contributed by atoms with Crippen molar-refractivity contribution in [3.63, 3.8) is 0 Å². The molecule has 0 fully saturated rings. The molecule has 1 heterocycles. The van der Waals surface area contributed by atoms with Gasteiger partial charge in [-0.15, -0.1) is 11.6 Å². The van der Waals surface area contributed by atoms with Crippen LogP contribution in [0, 0.1) is 6.92 Å². The molecule has 0 saturated carbocycles. The average molecular weight is 287 g/mol. The average Bonchev–Trinajstić information content (AvgIpc) is 2.80. The second kappa shape index (κ2) is 5.49. The van der Waals surface area contributed by atoms with E-state index in [0.717, 1.165) is 18.6 Å². The fourth-order valence-electron chi connectivity index (χ4n) is 2.69. The second-order valence-corrected chi connectivity index (χ2v) is 6.18. The Labute approximate surface area is 125 Å². The first-order valence-corrected chi connectivity index (χ1v) is 7.54. The van der Waals surface area contributed by atoms with Gasteiger partial charge in [-0.05, 0) is 43.0 Å². The summed E-state index contributed by atoms with van der Waals surface area (Å²) in [5, 5.41) is 0.0129. The number of hydrogen-bond donors (Lipinski definition) is 0. The number of halogens is 1. The molecule has 2 atom stereocenters. The molecule has 0 aliphatic carbocycles. The molecule has 104 valence electrons. The maximum Gasteiger partial charge on any atom is 0.123 e. The van der Waals surface area contributed by atoms with Crippen LogP contribution in [0.3, 0.4) is 0 Å². The molecule has 2 heteroatoms. The van der Waals surface area contributed by atoms with Crippen molar-refractivity contribution in [1.29, 1.82) is 0 Å². The molecule has 1 nitrogen and oxygen atoms in total. The Bertz CT molecular complexity index is 603. The van der Waals surface area contributed by atoms with E-state index in [1.165, 1.54) is 22.3 Å². The van der Waals surface area contributed by atoms with Crippen LogP contribution in [0.1, 0.15) is 34.6 Å². The number of ether oxygens (including phenoxy) is 1. The lowest BCUT2D eigenvalue weighted by atomic mass is 10.00. The maximum atomic E-state index is 6.58. The summed E-state index contributed by atoms with van der Waals surface area (Å²) in [6.07, 6.45) is 2.13. The number of alkyl halides is 1. The molecule has 20 heavy (non-hydrogen) atoms. The van der Waals surface area contributed by atoms with Crippen LogP contribution >= 0.6 is 11.6 Å². The molecule has 2 aromatic carbocycles. The minimum atomic E-state index is 0.0129. The first-order chi connectivity index (χ1) is 9.61. The van der Waals surface area contributed by atoms with Gasteiger partial charge in [-0.25, -0.2) is 0 Å². The van der Waals surface area contributed by atoms with Crippen LogP contribution in [0.15, 0.2) is 42.5 Å². The maximum absolute atomic E-state index is 6.58. The predicted octanol–water partition coefficient (Wildman–Crippen LogP) is 4.84. The summed E-state index contributed by atoms with van der Waals surface area (Å²) in [7, 11) is 0. The third-order valence-corrected chi connectivity index (χ3v) is 4.22. The quantitative estimate of drug-likeness (QED) is 0.734. The fourth-order valence-corrected chi connectivity index (χ4v) is 3.00. The monoisotopic (exact) mass is 286 g/mol. The molecule has 1 aliphatic heterocycles. The van der Waals surface area contributed by atoms with Crippen molar-refractivity contribution < 1.29 is 4.74 Å². The van der Waals surface area contributed by atoms with Gasteiger partial charge in [-0.1, -0.05) is 42.0 Å². The highest BCUT2D eigenvalue weighted by atomic mass is 35.5. The summed E-state index contributed by atoms with van der Waals surface area (Å²) in [5.74, 6) is 1.01. The smallest absolute Gasteiger partial charge is 0.123 e. The topological polar surface area (TPSA) is 9.23 Å². The zero-order valence-electron chi connectivity index (χ0n) is 11.9. The Morgan fingerprint density at radius 3 is 2.70 bits per heavy atom. The Hall–Kier alpha value is -1.47. The zero-order chi connectivity index (χ0) is 14.1. The second-order valence-electron chi connectivity index (χ2n) is 5.66. The van der Waals surface area contributed by atoms with Gasteiger partial charge in [0.1, 0.15) is 11.9 Å². The van der Waals surface area contributed by atoms with Crippen molar-refractivity contribution >= 4 is 11.6 Å².